The lowest BCUT2D eigenvalue weighted by Crippen LogP contribution is -2.49. The molecular formula is C18H26FNO3. The highest BCUT2D eigenvalue weighted by atomic mass is 19.1. The molecule has 0 amide bonds. The van der Waals surface area contributed by atoms with Gasteiger partial charge in [0, 0.05) is 12.1 Å². The van der Waals surface area contributed by atoms with Gasteiger partial charge in [-0.25, -0.2) is 4.39 Å². The van der Waals surface area contributed by atoms with Crippen LogP contribution in [-0.2, 0) is 4.79 Å². The predicted octanol–water partition coefficient (Wildman–Crippen LogP) is 3.12. The van der Waals surface area contributed by atoms with Gasteiger partial charge in [0.2, 0.25) is 0 Å². The van der Waals surface area contributed by atoms with Gasteiger partial charge in [-0.3, -0.25) is 4.79 Å². The minimum atomic E-state index is -0.764. The van der Waals surface area contributed by atoms with Crippen LogP contribution in [0.1, 0.15) is 51.2 Å². The number of benzene rings is 1. The molecule has 0 bridgehead atoms. The molecule has 4 nitrogen and oxygen atoms in total. The molecular weight excluding hydrogens is 297 g/mol. The summed E-state index contributed by atoms with van der Waals surface area (Å²) in [6.07, 6.45) is 2.38. The normalized spacial score (nSPS) is 23.5. The molecule has 0 saturated heterocycles. The Morgan fingerprint density at radius 2 is 2.00 bits per heavy atom. The van der Waals surface area contributed by atoms with E-state index in [2.05, 4.69) is 19.2 Å². The number of carboxylic acids is 1. The molecule has 23 heavy (non-hydrogen) atoms. The molecule has 1 aromatic carbocycles. The van der Waals surface area contributed by atoms with Crippen LogP contribution in [0.3, 0.4) is 0 Å². The Balaban J connectivity index is 1.87. The van der Waals surface area contributed by atoms with Gasteiger partial charge in [0.05, 0.1) is 12.0 Å². The number of β-amino-alcohol motifs (C(OH)–C–C–N with tert-alkyl or cyclic N) is 1. The third-order valence-corrected chi connectivity index (χ3v) is 5.08. The van der Waals surface area contributed by atoms with Crippen LogP contribution in [0.5, 0.6) is 0 Å². The van der Waals surface area contributed by atoms with E-state index < -0.39 is 12.1 Å². The number of aliphatic hydroxyl groups excluding tert-OH is 1. The van der Waals surface area contributed by atoms with Gasteiger partial charge in [0.25, 0.3) is 0 Å². The van der Waals surface area contributed by atoms with Crippen molar-refractivity contribution >= 4 is 5.97 Å². The molecule has 1 saturated carbocycles. The van der Waals surface area contributed by atoms with Crippen LogP contribution in [0, 0.1) is 17.7 Å². The van der Waals surface area contributed by atoms with Crippen molar-refractivity contribution in [3.63, 3.8) is 0 Å². The van der Waals surface area contributed by atoms with Crippen molar-refractivity contribution in [3.8, 4) is 0 Å². The van der Waals surface area contributed by atoms with Crippen LogP contribution in [-0.4, -0.2) is 28.3 Å². The summed E-state index contributed by atoms with van der Waals surface area (Å²) in [5, 5.41) is 22.7. The first-order chi connectivity index (χ1) is 10.8. The lowest BCUT2D eigenvalue weighted by atomic mass is 9.73. The van der Waals surface area contributed by atoms with E-state index in [1.807, 2.05) is 0 Å². The monoisotopic (exact) mass is 323 g/mol. The minimum absolute atomic E-state index is 0.197. The average Bonchev–Trinajstić information content (AvgIpc) is 2.52. The molecule has 2 rings (SSSR count). The van der Waals surface area contributed by atoms with E-state index in [4.69, 9.17) is 5.11 Å². The summed E-state index contributed by atoms with van der Waals surface area (Å²) in [7, 11) is 0. The number of halogens is 1. The predicted molar refractivity (Wildman–Crippen MR) is 86.5 cm³/mol. The fourth-order valence-electron chi connectivity index (χ4n) is 3.40. The van der Waals surface area contributed by atoms with Crippen LogP contribution in [0.2, 0.25) is 0 Å². The van der Waals surface area contributed by atoms with Gasteiger partial charge in [0.1, 0.15) is 5.82 Å². The first-order valence-electron chi connectivity index (χ1n) is 8.21. The van der Waals surface area contributed by atoms with Gasteiger partial charge in [-0.05, 0) is 63.1 Å². The molecule has 5 heteroatoms. The quantitative estimate of drug-likeness (QED) is 0.752. The lowest BCUT2D eigenvalue weighted by Gasteiger charge is -2.39. The summed E-state index contributed by atoms with van der Waals surface area (Å²) < 4.78 is 13.2. The fraction of sp³-hybridized carbons (Fsp3) is 0.611. The number of hydrogen-bond donors (Lipinski definition) is 3. The zero-order valence-electron chi connectivity index (χ0n) is 13.8. The largest absolute Gasteiger partial charge is 0.481 e. The van der Waals surface area contributed by atoms with Crippen LogP contribution in [0.4, 0.5) is 4.39 Å². The number of carboxylic acid groups (broad SMARTS) is 1. The van der Waals surface area contributed by atoms with Crippen molar-refractivity contribution in [3.05, 3.63) is 35.6 Å². The average molecular weight is 323 g/mol. The van der Waals surface area contributed by atoms with E-state index >= 15 is 0 Å². The van der Waals surface area contributed by atoms with Gasteiger partial charge in [-0.1, -0.05) is 12.1 Å². The van der Waals surface area contributed by atoms with Crippen LogP contribution < -0.4 is 5.32 Å². The number of aliphatic carboxylic acids is 1. The molecule has 1 aliphatic carbocycles. The van der Waals surface area contributed by atoms with Gasteiger partial charge < -0.3 is 15.5 Å². The van der Waals surface area contributed by atoms with E-state index in [-0.39, 0.29) is 17.3 Å². The molecule has 0 aliphatic heterocycles. The summed E-state index contributed by atoms with van der Waals surface area (Å²) in [6.45, 7) is 4.50. The first kappa shape index (κ1) is 17.9. The van der Waals surface area contributed by atoms with Crippen LogP contribution >= 0.6 is 0 Å². The zero-order valence-corrected chi connectivity index (χ0v) is 13.8. The molecule has 1 fully saturated rings. The second-order valence-electron chi connectivity index (χ2n) is 7.06. The van der Waals surface area contributed by atoms with Crippen LogP contribution in [0.25, 0.3) is 0 Å². The third kappa shape index (κ3) is 4.75. The highest BCUT2D eigenvalue weighted by Gasteiger charge is 2.35. The maximum atomic E-state index is 13.2. The highest BCUT2D eigenvalue weighted by Crippen LogP contribution is 2.35. The van der Waals surface area contributed by atoms with Crippen molar-refractivity contribution < 1.29 is 19.4 Å². The standard InChI is InChI=1S/C18H26FNO3/c1-18(2,14-8-6-12(7-9-14)17(22)23)20-11-16(21)13-4-3-5-15(19)10-13/h3-5,10,12,14,16,20-21H,6-9,11H2,1-2H3,(H,22,23)/t12?,14?,16-/m0/s1. The van der Waals surface area contributed by atoms with Gasteiger partial charge in [-0.2, -0.15) is 0 Å². The van der Waals surface area contributed by atoms with E-state index in [1.165, 1.54) is 12.1 Å². The number of carbonyl (C=O) groups is 1. The molecule has 1 atom stereocenters. The molecule has 0 radical (unpaired) electrons. The molecule has 0 aromatic heterocycles. The van der Waals surface area contributed by atoms with E-state index in [0.29, 0.717) is 30.9 Å². The van der Waals surface area contributed by atoms with Gasteiger partial charge >= 0.3 is 5.97 Å². The van der Waals surface area contributed by atoms with Crippen molar-refractivity contribution in [2.75, 3.05) is 6.54 Å². The fourth-order valence-corrected chi connectivity index (χ4v) is 3.40. The summed E-state index contributed by atoms with van der Waals surface area (Å²) in [6, 6.07) is 6.00. The Kier molecular flexibility index (Phi) is 5.76. The van der Waals surface area contributed by atoms with Crippen molar-refractivity contribution in [2.24, 2.45) is 11.8 Å². The molecule has 1 aromatic rings. The van der Waals surface area contributed by atoms with E-state index in [9.17, 15) is 14.3 Å². The van der Waals surface area contributed by atoms with Crippen LogP contribution in [0.15, 0.2) is 24.3 Å². The van der Waals surface area contributed by atoms with E-state index in [1.54, 1.807) is 12.1 Å². The molecule has 0 unspecified atom stereocenters. The Hall–Kier alpha value is -1.46. The third-order valence-electron chi connectivity index (χ3n) is 5.08. The van der Waals surface area contributed by atoms with Crippen molar-refractivity contribution in [1.29, 1.82) is 0 Å². The second-order valence-corrected chi connectivity index (χ2v) is 7.06. The molecule has 1 aliphatic rings. The summed E-state index contributed by atoms with van der Waals surface area (Å²) in [5.41, 5.74) is 0.362. The summed E-state index contributed by atoms with van der Waals surface area (Å²) in [5.74, 6) is -0.902. The zero-order chi connectivity index (χ0) is 17.0. The highest BCUT2D eigenvalue weighted by molar-refractivity contribution is 5.70. The second kappa shape index (κ2) is 7.41. The first-order valence-corrected chi connectivity index (χ1v) is 8.21. The minimum Gasteiger partial charge on any atom is -0.481 e. The Morgan fingerprint density at radius 3 is 2.57 bits per heavy atom. The molecule has 128 valence electrons. The number of hydrogen-bond acceptors (Lipinski definition) is 3. The smallest absolute Gasteiger partial charge is 0.306 e. The molecule has 0 heterocycles. The summed E-state index contributed by atoms with van der Waals surface area (Å²) >= 11 is 0. The van der Waals surface area contributed by atoms with Crippen molar-refractivity contribution in [2.45, 2.75) is 51.2 Å². The Labute approximate surface area is 136 Å². The maximum Gasteiger partial charge on any atom is 0.306 e. The number of rotatable bonds is 6. The number of nitrogens with one attached hydrogen (secondary N) is 1. The van der Waals surface area contributed by atoms with Gasteiger partial charge in [-0.15, -0.1) is 0 Å². The lowest BCUT2D eigenvalue weighted by molar-refractivity contribution is -0.143. The van der Waals surface area contributed by atoms with Crippen molar-refractivity contribution in [1.82, 2.24) is 5.32 Å². The molecule has 3 N–H and O–H groups in total. The van der Waals surface area contributed by atoms with Gasteiger partial charge in [0.15, 0.2) is 0 Å². The topological polar surface area (TPSA) is 69.6 Å². The maximum absolute atomic E-state index is 13.2. The summed E-state index contributed by atoms with van der Waals surface area (Å²) in [4.78, 5) is 11.0. The van der Waals surface area contributed by atoms with E-state index in [0.717, 1.165) is 12.8 Å². The molecule has 0 spiro atoms. The number of aliphatic hydroxyl groups is 1. The Morgan fingerprint density at radius 1 is 1.35 bits per heavy atom. The SMILES string of the molecule is CC(C)(NC[C@H](O)c1cccc(F)c1)C1CCC(C(=O)O)CC1. The Bertz CT molecular complexity index is 539.